The van der Waals surface area contributed by atoms with Crippen LogP contribution in [-0.2, 0) is 0 Å². The van der Waals surface area contributed by atoms with Crippen LogP contribution in [0.15, 0.2) is 51.9 Å². The number of nitrogens with zero attached hydrogens (tertiary/aromatic N) is 3. The van der Waals surface area contributed by atoms with Crippen LogP contribution in [0.3, 0.4) is 0 Å². The van der Waals surface area contributed by atoms with E-state index in [1.54, 1.807) is 42.2 Å². The number of hydrogen-bond donors (Lipinski definition) is 1. The quantitative estimate of drug-likeness (QED) is 0.570. The number of hydrogen-bond acceptors (Lipinski definition) is 7. The SMILES string of the molecule is CN=c1scc(-c2ccc(OC(F)F)cc2)n1/N=C/c1cc(OC)c(O)c(OC)c1. The minimum absolute atomic E-state index is 0.0720. The normalized spacial score (nSPS) is 12.0. The molecule has 0 spiro atoms. The van der Waals surface area contributed by atoms with Gasteiger partial charge in [0.05, 0.1) is 26.1 Å². The highest BCUT2D eigenvalue weighted by Gasteiger charge is 2.12. The molecule has 0 saturated heterocycles. The molecule has 0 saturated carbocycles. The van der Waals surface area contributed by atoms with Crippen molar-refractivity contribution in [3.05, 3.63) is 52.1 Å². The summed E-state index contributed by atoms with van der Waals surface area (Å²) >= 11 is 1.38. The van der Waals surface area contributed by atoms with Gasteiger partial charge in [-0.2, -0.15) is 13.9 Å². The molecule has 0 unspecified atom stereocenters. The lowest BCUT2D eigenvalue weighted by Gasteiger charge is -2.09. The molecular weight excluding hydrogens is 416 g/mol. The van der Waals surface area contributed by atoms with Crippen LogP contribution in [0.2, 0.25) is 0 Å². The van der Waals surface area contributed by atoms with Gasteiger partial charge in [0, 0.05) is 23.6 Å². The van der Waals surface area contributed by atoms with Gasteiger partial charge in [0.1, 0.15) is 5.75 Å². The second-order valence-electron chi connectivity index (χ2n) is 5.86. The molecule has 0 amide bonds. The fourth-order valence-electron chi connectivity index (χ4n) is 2.68. The first-order chi connectivity index (χ1) is 14.5. The molecule has 0 aliphatic heterocycles. The average Bonchev–Trinajstić information content (AvgIpc) is 3.16. The molecule has 3 rings (SSSR count). The fraction of sp³-hybridized carbons (Fsp3) is 0.200. The first-order valence-corrected chi connectivity index (χ1v) is 9.52. The maximum Gasteiger partial charge on any atom is 0.387 e. The first-order valence-electron chi connectivity index (χ1n) is 8.64. The summed E-state index contributed by atoms with van der Waals surface area (Å²) in [7, 11) is 4.53. The van der Waals surface area contributed by atoms with E-state index in [9.17, 15) is 13.9 Å². The Kier molecular flexibility index (Phi) is 6.68. The van der Waals surface area contributed by atoms with Gasteiger partial charge >= 0.3 is 6.61 Å². The maximum absolute atomic E-state index is 12.4. The Balaban J connectivity index is 1.99. The van der Waals surface area contributed by atoms with Gasteiger partial charge in [0.25, 0.3) is 0 Å². The summed E-state index contributed by atoms with van der Waals surface area (Å²) < 4.78 is 41.1. The van der Waals surface area contributed by atoms with Crippen LogP contribution in [0.4, 0.5) is 8.78 Å². The molecule has 0 bridgehead atoms. The van der Waals surface area contributed by atoms with Crippen molar-refractivity contribution >= 4 is 17.6 Å². The number of methoxy groups -OCH3 is 2. The number of halogens is 2. The molecule has 1 heterocycles. The Hall–Kier alpha value is -3.40. The van der Waals surface area contributed by atoms with Crippen molar-refractivity contribution in [3.63, 3.8) is 0 Å². The number of alkyl halides is 2. The van der Waals surface area contributed by atoms with Gasteiger partial charge in [-0.1, -0.05) is 0 Å². The van der Waals surface area contributed by atoms with Crippen LogP contribution in [0, 0.1) is 0 Å². The van der Waals surface area contributed by atoms with Crippen LogP contribution in [0.1, 0.15) is 5.56 Å². The molecule has 1 aromatic heterocycles. The van der Waals surface area contributed by atoms with Crippen LogP contribution in [0.25, 0.3) is 11.3 Å². The van der Waals surface area contributed by atoms with E-state index in [2.05, 4.69) is 14.8 Å². The van der Waals surface area contributed by atoms with Gasteiger partial charge < -0.3 is 19.3 Å². The second-order valence-corrected chi connectivity index (χ2v) is 6.70. The molecular formula is C20H19F2N3O4S. The number of benzene rings is 2. The third kappa shape index (κ3) is 4.60. The van der Waals surface area contributed by atoms with Crippen LogP contribution in [-0.4, -0.2) is 43.9 Å². The molecule has 0 fully saturated rings. The number of ether oxygens (including phenoxy) is 3. The second kappa shape index (κ2) is 9.40. The van der Waals surface area contributed by atoms with Crippen molar-refractivity contribution < 1.29 is 28.1 Å². The molecule has 0 aliphatic rings. The number of rotatable bonds is 7. The summed E-state index contributed by atoms with van der Waals surface area (Å²) in [5.74, 6) is 0.474. The van der Waals surface area contributed by atoms with E-state index in [1.165, 1.54) is 37.7 Å². The molecule has 0 radical (unpaired) electrons. The highest BCUT2D eigenvalue weighted by molar-refractivity contribution is 7.07. The van der Waals surface area contributed by atoms with Gasteiger partial charge in [0.2, 0.25) is 10.6 Å². The highest BCUT2D eigenvalue weighted by Crippen LogP contribution is 2.36. The molecule has 7 nitrogen and oxygen atoms in total. The van der Waals surface area contributed by atoms with Gasteiger partial charge in [-0.15, -0.1) is 11.3 Å². The number of thiazole rings is 1. The zero-order chi connectivity index (χ0) is 21.7. The highest BCUT2D eigenvalue weighted by atomic mass is 32.1. The lowest BCUT2D eigenvalue weighted by molar-refractivity contribution is -0.0498. The van der Waals surface area contributed by atoms with E-state index in [-0.39, 0.29) is 23.0 Å². The molecule has 1 N–H and O–H groups in total. The molecule has 3 aromatic rings. The summed E-state index contributed by atoms with van der Waals surface area (Å²) in [6.45, 7) is -2.88. The smallest absolute Gasteiger partial charge is 0.387 e. The van der Waals surface area contributed by atoms with Crippen LogP contribution in [0.5, 0.6) is 23.0 Å². The van der Waals surface area contributed by atoms with Crippen molar-refractivity contribution in [2.24, 2.45) is 10.1 Å². The zero-order valence-electron chi connectivity index (χ0n) is 16.4. The first kappa shape index (κ1) is 21.3. The van der Waals surface area contributed by atoms with E-state index >= 15 is 0 Å². The monoisotopic (exact) mass is 435 g/mol. The summed E-state index contributed by atoms with van der Waals surface area (Å²) in [4.78, 5) is 4.85. The van der Waals surface area contributed by atoms with Gasteiger partial charge in [-0.05, 0) is 36.4 Å². The molecule has 30 heavy (non-hydrogen) atoms. The lowest BCUT2D eigenvalue weighted by atomic mass is 10.2. The topological polar surface area (TPSA) is 77.6 Å². The van der Waals surface area contributed by atoms with Gasteiger partial charge in [0.15, 0.2) is 11.5 Å². The third-order valence-corrected chi connectivity index (χ3v) is 4.98. The summed E-state index contributed by atoms with van der Waals surface area (Å²) in [5, 5.41) is 16.4. The molecule has 0 aliphatic carbocycles. The zero-order valence-corrected chi connectivity index (χ0v) is 17.2. The Morgan fingerprint density at radius 3 is 2.27 bits per heavy atom. The Morgan fingerprint density at radius 1 is 1.10 bits per heavy atom. The lowest BCUT2D eigenvalue weighted by Crippen LogP contribution is -2.11. The van der Waals surface area contributed by atoms with E-state index in [0.717, 1.165) is 11.3 Å². The van der Waals surface area contributed by atoms with Crippen molar-refractivity contribution in [1.82, 2.24) is 4.68 Å². The predicted molar refractivity (Wildman–Crippen MR) is 110 cm³/mol. The summed E-state index contributed by atoms with van der Waals surface area (Å²) in [6, 6.07) is 9.49. The molecule has 10 heteroatoms. The van der Waals surface area contributed by atoms with Crippen molar-refractivity contribution in [1.29, 1.82) is 0 Å². The molecule has 158 valence electrons. The summed E-state index contributed by atoms with van der Waals surface area (Å²) in [5.41, 5.74) is 2.10. The van der Waals surface area contributed by atoms with E-state index in [0.29, 0.717) is 10.4 Å². The number of phenolic OH excluding ortho intramolecular Hbond substituents is 1. The fourth-order valence-corrected chi connectivity index (χ4v) is 3.48. The van der Waals surface area contributed by atoms with E-state index in [4.69, 9.17) is 9.47 Å². The minimum atomic E-state index is -2.88. The number of aromatic hydroxyl groups is 1. The predicted octanol–water partition coefficient (Wildman–Crippen LogP) is 3.95. The maximum atomic E-state index is 12.4. The number of aromatic nitrogens is 1. The Bertz CT molecular complexity index is 1080. The Labute approximate surface area is 175 Å². The summed E-state index contributed by atoms with van der Waals surface area (Å²) in [6.07, 6.45) is 1.57. The van der Waals surface area contributed by atoms with Crippen LogP contribution < -0.4 is 19.0 Å². The molecule has 0 atom stereocenters. The van der Waals surface area contributed by atoms with Gasteiger partial charge in [-0.25, -0.2) is 4.68 Å². The number of phenols is 1. The van der Waals surface area contributed by atoms with Crippen molar-refractivity contribution in [2.75, 3.05) is 21.3 Å². The molecule has 2 aromatic carbocycles. The van der Waals surface area contributed by atoms with E-state index < -0.39 is 6.61 Å². The average molecular weight is 435 g/mol. The van der Waals surface area contributed by atoms with Gasteiger partial charge in [-0.3, -0.25) is 4.99 Å². The minimum Gasteiger partial charge on any atom is -0.502 e. The third-order valence-electron chi connectivity index (χ3n) is 4.08. The standard InChI is InChI=1S/C20H19F2N3O4S/c1-23-20-25(24-10-12-8-16(27-2)18(26)17(9-12)28-3)15(11-30-20)13-4-6-14(7-5-13)29-19(21)22/h4-11,19,26H,1-3H3/b23-20?,24-10+. The van der Waals surface area contributed by atoms with Crippen LogP contribution >= 0.6 is 11.3 Å². The van der Waals surface area contributed by atoms with E-state index in [1.807, 2.05) is 5.38 Å². The van der Waals surface area contributed by atoms with Crippen molar-refractivity contribution in [3.8, 4) is 34.3 Å². The van der Waals surface area contributed by atoms with Crippen molar-refractivity contribution in [2.45, 2.75) is 6.61 Å². The largest absolute Gasteiger partial charge is 0.502 e. The Morgan fingerprint density at radius 2 is 1.73 bits per heavy atom.